The molecule has 0 amide bonds. The second-order valence-corrected chi connectivity index (χ2v) is 33.5. The molecule has 16 heteroatoms. The van der Waals surface area contributed by atoms with Crippen molar-refractivity contribution in [3.05, 3.63) is 237 Å². The number of hydrogen-bond donors (Lipinski definition) is 0. The molecule has 12 nitrogen and oxygen atoms in total. The van der Waals surface area contributed by atoms with Gasteiger partial charge in [-0.2, -0.15) is 21.0 Å². The Morgan fingerprint density at radius 1 is 0.315 bits per heavy atom. The van der Waals surface area contributed by atoms with Gasteiger partial charge in [-0.25, -0.2) is 19.9 Å². The summed E-state index contributed by atoms with van der Waals surface area (Å²) in [6.45, 7) is 24.9. The van der Waals surface area contributed by atoms with E-state index in [-0.39, 0.29) is 24.4 Å². The first-order valence-electron chi connectivity index (χ1n) is 37.4. The second-order valence-electron chi connectivity index (χ2n) is 29.3. The normalized spacial score (nSPS) is 15.6. The van der Waals surface area contributed by atoms with Gasteiger partial charge >= 0.3 is 0 Å². The fraction of sp³-hybridized carbons (Fsp3) is 0.304. The summed E-state index contributed by atoms with van der Waals surface area (Å²) in [6.07, 6.45) is 17.4. The van der Waals surface area contributed by atoms with E-state index in [1.807, 2.05) is 153 Å². The number of hydrogen-bond acceptors (Lipinski definition) is 16. The lowest BCUT2D eigenvalue weighted by Crippen LogP contribution is -2.06. The highest BCUT2D eigenvalue weighted by Gasteiger charge is 2.28. The predicted octanol–water partition coefficient (Wildman–Crippen LogP) is 24.7. The molecule has 0 radical (unpaired) electrons. The smallest absolute Gasteiger partial charge is 0.137 e. The van der Waals surface area contributed by atoms with Crippen molar-refractivity contribution in [1.82, 2.24) is 19.9 Å². The van der Waals surface area contributed by atoms with E-state index in [1.165, 1.54) is 112 Å². The largest absolute Gasteiger partial charge is 0.490 e. The van der Waals surface area contributed by atoms with Crippen LogP contribution in [0.1, 0.15) is 199 Å². The number of fused-ring (bicyclic) bond motifs is 4. The van der Waals surface area contributed by atoms with Gasteiger partial charge in [-0.1, -0.05) is 100 Å². The number of aromatic nitrogens is 4. The number of ether oxygens (including phenoxy) is 4. The first-order valence-corrected chi connectivity index (χ1v) is 40.7. The van der Waals surface area contributed by atoms with Crippen molar-refractivity contribution in [2.75, 3.05) is 0 Å². The molecule has 0 spiro atoms. The molecule has 544 valence electrons. The molecule has 4 aliphatic rings. The quantitative estimate of drug-likeness (QED) is 0.0893. The Morgan fingerprint density at radius 2 is 0.528 bits per heavy atom. The first-order chi connectivity index (χ1) is 52.3. The number of nitriles is 4. The standard InChI is InChI=1S/4C23H22N2OS/c4*1-14(2)26-21-10-8-16(11-17(21)12-24)23-25-13-22(27-23)20-6-4-5-18-15(3)7-9-19(18)20/h4*4-6,8,10-11,13-15H,7,9H2,1-3H3/t4*15-/m1100/s1. The fourth-order valence-corrected chi connectivity index (χ4v) is 18.8. The lowest BCUT2D eigenvalue weighted by Gasteiger charge is -2.11. The molecule has 0 N–H and O–H groups in total. The molecule has 0 saturated carbocycles. The van der Waals surface area contributed by atoms with Gasteiger partial charge < -0.3 is 18.9 Å². The number of rotatable bonds is 16. The zero-order chi connectivity index (χ0) is 75.9. The van der Waals surface area contributed by atoms with Gasteiger partial charge in [-0.05, 0) is 270 Å². The molecule has 0 saturated heterocycles. The molecule has 0 bridgehead atoms. The molecule has 4 aromatic heterocycles. The monoisotopic (exact) mass is 1500 g/mol. The third-order valence-corrected chi connectivity index (χ3v) is 24.5. The maximum atomic E-state index is 9.47. The zero-order valence-corrected chi connectivity index (χ0v) is 66.6. The summed E-state index contributed by atoms with van der Waals surface area (Å²) in [5.41, 5.74) is 23.0. The molecule has 0 aliphatic heterocycles. The van der Waals surface area contributed by atoms with Gasteiger partial charge in [0.05, 0.1) is 66.2 Å². The third-order valence-electron chi connectivity index (χ3n) is 20.2. The molecule has 4 aliphatic carbocycles. The van der Waals surface area contributed by atoms with Crippen molar-refractivity contribution in [2.24, 2.45) is 0 Å². The Balaban J connectivity index is 0.000000127. The van der Waals surface area contributed by atoms with Crippen molar-refractivity contribution in [2.45, 2.75) is 183 Å². The number of benzene rings is 8. The van der Waals surface area contributed by atoms with E-state index >= 15 is 0 Å². The fourth-order valence-electron chi connectivity index (χ4n) is 14.9. The van der Waals surface area contributed by atoms with Crippen LogP contribution >= 0.6 is 45.3 Å². The van der Waals surface area contributed by atoms with Crippen molar-refractivity contribution >= 4 is 45.3 Å². The minimum atomic E-state index is 0.0389. The Kier molecular flexibility index (Phi) is 23.6. The number of nitrogens with zero attached hydrogens (tertiary/aromatic N) is 8. The van der Waals surface area contributed by atoms with Gasteiger partial charge in [0.25, 0.3) is 0 Å². The Morgan fingerprint density at radius 3 is 0.722 bits per heavy atom. The molecule has 4 atom stereocenters. The molecule has 12 aromatic rings. The van der Waals surface area contributed by atoms with Crippen LogP contribution in [0, 0.1) is 45.3 Å². The minimum Gasteiger partial charge on any atom is -0.490 e. The van der Waals surface area contributed by atoms with Crippen LogP contribution in [0.3, 0.4) is 0 Å². The highest BCUT2D eigenvalue weighted by Crippen LogP contribution is 2.47. The van der Waals surface area contributed by atoms with Crippen LogP contribution in [-0.4, -0.2) is 44.4 Å². The molecule has 0 fully saturated rings. The van der Waals surface area contributed by atoms with Crippen LogP contribution in [0.5, 0.6) is 23.0 Å². The van der Waals surface area contributed by atoms with Crippen LogP contribution in [-0.2, 0) is 25.7 Å². The van der Waals surface area contributed by atoms with E-state index in [4.69, 9.17) is 18.9 Å². The van der Waals surface area contributed by atoms with Crippen molar-refractivity contribution in [3.63, 3.8) is 0 Å². The Bertz CT molecular complexity index is 4790. The average molecular weight is 1500 g/mol. The van der Waals surface area contributed by atoms with Crippen LogP contribution in [0.4, 0.5) is 0 Å². The van der Waals surface area contributed by atoms with Crippen molar-refractivity contribution in [3.8, 4) is 131 Å². The molecule has 108 heavy (non-hydrogen) atoms. The predicted molar refractivity (Wildman–Crippen MR) is 441 cm³/mol. The summed E-state index contributed by atoms with van der Waals surface area (Å²) in [5.74, 6) is 5.06. The summed E-state index contributed by atoms with van der Waals surface area (Å²) in [7, 11) is 0. The van der Waals surface area contributed by atoms with E-state index in [0.29, 0.717) is 68.9 Å². The molecular weight excluding hydrogens is 1410 g/mol. The Hall–Kier alpha value is -10.6. The summed E-state index contributed by atoms with van der Waals surface area (Å²) < 4.78 is 22.9. The summed E-state index contributed by atoms with van der Waals surface area (Å²) in [4.78, 5) is 23.3. The minimum absolute atomic E-state index is 0.0389. The highest BCUT2D eigenvalue weighted by atomic mass is 32.1. The molecular formula is C92H88N8O4S4. The van der Waals surface area contributed by atoms with E-state index in [1.54, 1.807) is 45.3 Å². The molecule has 4 heterocycles. The lowest BCUT2D eigenvalue weighted by molar-refractivity contribution is 0.241. The summed E-state index contributed by atoms with van der Waals surface area (Å²) in [5, 5.41) is 41.6. The van der Waals surface area contributed by atoms with Crippen LogP contribution in [0.15, 0.2) is 170 Å². The van der Waals surface area contributed by atoms with Gasteiger partial charge in [0, 0.05) is 47.0 Å². The second kappa shape index (κ2) is 33.7. The SMILES string of the molecule is CC(C)Oc1ccc(-c2ncc(-c3cccc4c3CC[C@@H]4C)s2)cc1C#N.CC(C)Oc1ccc(-c2ncc(-c3cccc4c3CC[C@@H]4C)s2)cc1C#N.CC(C)Oc1ccc(-c2ncc(-c3cccc4c3CC[C@H]4C)s2)cc1C#N.CC(C)Oc1ccc(-c2ncc(-c3cccc4c3CC[C@H]4C)s2)cc1C#N. The topological polar surface area (TPSA) is 184 Å². The summed E-state index contributed by atoms with van der Waals surface area (Å²) in [6, 6.07) is 58.3. The third kappa shape index (κ3) is 16.7. The van der Waals surface area contributed by atoms with E-state index in [0.717, 1.165) is 68.0 Å². The highest BCUT2D eigenvalue weighted by molar-refractivity contribution is 7.19. The van der Waals surface area contributed by atoms with Gasteiger partial charge in [0.2, 0.25) is 0 Å². The van der Waals surface area contributed by atoms with Crippen LogP contribution in [0.25, 0.3) is 84.0 Å². The van der Waals surface area contributed by atoms with Gasteiger partial charge in [0.1, 0.15) is 67.3 Å². The van der Waals surface area contributed by atoms with Crippen LogP contribution in [0.2, 0.25) is 0 Å². The lowest BCUT2D eigenvalue weighted by atomic mass is 9.99. The summed E-state index contributed by atoms with van der Waals surface area (Å²) >= 11 is 6.74. The maximum Gasteiger partial charge on any atom is 0.137 e. The van der Waals surface area contributed by atoms with Crippen molar-refractivity contribution in [1.29, 1.82) is 21.0 Å². The average Bonchev–Trinajstić information content (AvgIpc) is 1.65. The zero-order valence-electron chi connectivity index (χ0n) is 63.3. The van der Waals surface area contributed by atoms with E-state index < -0.39 is 0 Å². The molecule has 0 unspecified atom stereocenters. The van der Waals surface area contributed by atoms with Crippen molar-refractivity contribution < 1.29 is 18.9 Å². The van der Waals surface area contributed by atoms with E-state index in [9.17, 15) is 21.0 Å². The molecule has 8 aromatic carbocycles. The first kappa shape index (κ1) is 75.7. The van der Waals surface area contributed by atoms with Crippen LogP contribution < -0.4 is 18.9 Å². The van der Waals surface area contributed by atoms with E-state index in [2.05, 4.69) is 145 Å². The van der Waals surface area contributed by atoms with Gasteiger partial charge in [-0.3, -0.25) is 0 Å². The molecule has 16 rings (SSSR count). The van der Waals surface area contributed by atoms with Gasteiger partial charge in [0.15, 0.2) is 0 Å². The van der Waals surface area contributed by atoms with Gasteiger partial charge in [-0.15, -0.1) is 45.3 Å². The number of thiazole rings is 4. The maximum absolute atomic E-state index is 9.47. The Labute approximate surface area is 651 Å².